The molecule has 97 valence electrons. The molecule has 2 aromatic carbocycles. The van der Waals surface area contributed by atoms with Gasteiger partial charge in [-0.15, -0.1) is 0 Å². The average molecular weight is 254 g/mol. The number of benzene rings is 2. The fraction of sp³-hybridized carbons (Fsp3) is 0.125. The Hall–Kier alpha value is -2.29. The Morgan fingerprint density at radius 2 is 1.63 bits per heavy atom. The van der Waals surface area contributed by atoms with Crippen LogP contribution in [0.3, 0.4) is 0 Å². The molecule has 3 nitrogen and oxygen atoms in total. The fourth-order valence-electron chi connectivity index (χ4n) is 1.68. The van der Waals surface area contributed by atoms with Crippen LogP contribution in [0, 0.1) is 6.92 Å². The maximum absolute atomic E-state index is 11.6. The van der Waals surface area contributed by atoms with Gasteiger partial charge in [0.15, 0.2) is 0 Å². The number of carbonyl (C=O) groups excluding carboxylic acids is 1. The van der Waals surface area contributed by atoms with Crippen LogP contribution in [-0.2, 0) is 11.3 Å². The van der Waals surface area contributed by atoms with Gasteiger partial charge in [0.1, 0.15) is 6.61 Å². The Bertz CT molecular complexity index is 511. The van der Waals surface area contributed by atoms with Gasteiger partial charge in [-0.25, -0.2) is 4.79 Å². The largest absolute Gasteiger partial charge is 0.445 e. The van der Waals surface area contributed by atoms with E-state index in [4.69, 9.17) is 4.74 Å². The van der Waals surface area contributed by atoms with Crippen LogP contribution in [0.4, 0.5) is 4.79 Å². The molecule has 0 aliphatic carbocycles. The zero-order valence-electron chi connectivity index (χ0n) is 10.6. The van der Waals surface area contributed by atoms with E-state index in [1.54, 1.807) is 0 Å². The number of amides is 1. The average Bonchev–Trinajstić information content (AvgIpc) is 2.47. The Morgan fingerprint density at radius 3 is 2.26 bits per heavy atom. The van der Waals surface area contributed by atoms with E-state index < -0.39 is 6.09 Å². The van der Waals surface area contributed by atoms with Gasteiger partial charge in [0, 0.05) is 0 Å². The maximum atomic E-state index is 11.6. The van der Waals surface area contributed by atoms with Crippen molar-refractivity contribution in [3.8, 4) is 0 Å². The first-order valence-corrected chi connectivity index (χ1v) is 6.11. The van der Waals surface area contributed by atoms with Crippen molar-refractivity contribution < 1.29 is 9.53 Å². The van der Waals surface area contributed by atoms with Crippen LogP contribution in [0.2, 0.25) is 0 Å². The number of carbonyl (C=O) groups is 1. The number of hydrogen-bond donors (Lipinski definition) is 1. The third kappa shape index (κ3) is 4.14. The molecule has 0 saturated carbocycles. The molecule has 0 aliphatic heterocycles. The second-order valence-electron chi connectivity index (χ2n) is 4.17. The second-order valence-corrected chi connectivity index (χ2v) is 4.17. The summed E-state index contributed by atoms with van der Waals surface area (Å²) in [5.74, 6) is 0. The first-order valence-electron chi connectivity index (χ1n) is 6.11. The van der Waals surface area contributed by atoms with Gasteiger partial charge in [0.05, 0.1) is 6.04 Å². The maximum Gasteiger partial charge on any atom is 0.407 e. The lowest BCUT2D eigenvalue weighted by Gasteiger charge is -2.14. The molecule has 1 radical (unpaired) electrons. The summed E-state index contributed by atoms with van der Waals surface area (Å²) in [4.78, 5) is 11.6. The molecule has 0 saturated heterocycles. The standard InChI is InChI=1S/C16H16NO2/c1-13(15-10-6-3-7-11-15)17-16(18)19-12-14-8-4-2-5-9-14/h2-11,13H,1,12H2,(H,17,18). The molecule has 2 rings (SSSR count). The molecule has 0 bridgehead atoms. The molecule has 2 aromatic rings. The molecule has 0 fully saturated rings. The van der Waals surface area contributed by atoms with E-state index in [-0.39, 0.29) is 12.6 Å². The van der Waals surface area contributed by atoms with Gasteiger partial charge in [0.25, 0.3) is 0 Å². The van der Waals surface area contributed by atoms with Crippen LogP contribution < -0.4 is 5.32 Å². The molecule has 0 aliphatic rings. The zero-order valence-corrected chi connectivity index (χ0v) is 10.6. The van der Waals surface area contributed by atoms with Crippen molar-refractivity contribution in [2.45, 2.75) is 12.6 Å². The second kappa shape index (κ2) is 6.59. The van der Waals surface area contributed by atoms with Crippen molar-refractivity contribution in [1.29, 1.82) is 0 Å². The van der Waals surface area contributed by atoms with Crippen LogP contribution >= 0.6 is 0 Å². The molecular weight excluding hydrogens is 238 g/mol. The first kappa shape index (κ1) is 13.1. The van der Waals surface area contributed by atoms with Crippen LogP contribution in [0.1, 0.15) is 17.2 Å². The summed E-state index contributed by atoms with van der Waals surface area (Å²) in [6.07, 6.45) is -0.465. The number of rotatable bonds is 4. The normalized spacial score (nSPS) is 11.6. The van der Waals surface area contributed by atoms with Gasteiger partial charge in [-0.3, -0.25) is 0 Å². The van der Waals surface area contributed by atoms with Crippen molar-refractivity contribution in [2.24, 2.45) is 0 Å². The van der Waals surface area contributed by atoms with Crippen LogP contribution in [0.5, 0.6) is 0 Å². The van der Waals surface area contributed by atoms with Crippen molar-refractivity contribution in [3.05, 3.63) is 78.7 Å². The number of ether oxygens (including phenoxy) is 1. The molecule has 3 heteroatoms. The predicted octanol–water partition coefficient (Wildman–Crippen LogP) is 3.49. The molecule has 19 heavy (non-hydrogen) atoms. The molecule has 1 N–H and O–H groups in total. The summed E-state index contributed by atoms with van der Waals surface area (Å²) in [6, 6.07) is 18.8. The van der Waals surface area contributed by atoms with Gasteiger partial charge in [-0.05, 0) is 18.1 Å². The zero-order chi connectivity index (χ0) is 13.5. The predicted molar refractivity (Wildman–Crippen MR) is 74.3 cm³/mol. The number of alkyl carbamates (subject to hydrolysis) is 1. The highest BCUT2D eigenvalue weighted by molar-refractivity contribution is 5.68. The lowest BCUT2D eigenvalue weighted by Crippen LogP contribution is -2.27. The molecule has 0 heterocycles. The van der Waals surface area contributed by atoms with Crippen LogP contribution in [0.25, 0.3) is 0 Å². The van der Waals surface area contributed by atoms with Gasteiger partial charge >= 0.3 is 6.09 Å². The van der Waals surface area contributed by atoms with E-state index in [0.717, 1.165) is 11.1 Å². The van der Waals surface area contributed by atoms with Crippen molar-refractivity contribution >= 4 is 6.09 Å². The van der Waals surface area contributed by atoms with Crippen molar-refractivity contribution in [2.75, 3.05) is 0 Å². The summed E-state index contributed by atoms with van der Waals surface area (Å²) in [6.45, 7) is 4.15. The van der Waals surface area contributed by atoms with Crippen molar-refractivity contribution in [3.63, 3.8) is 0 Å². The molecule has 1 unspecified atom stereocenters. The molecule has 1 atom stereocenters. The minimum atomic E-state index is -0.465. The van der Waals surface area contributed by atoms with Gasteiger partial charge in [-0.1, -0.05) is 60.7 Å². The highest BCUT2D eigenvalue weighted by Gasteiger charge is 2.09. The summed E-state index contributed by atoms with van der Waals surface area (Å²) < 4.78 is 5.13. The lowest BCUT2D eigenvalue weighted by molar-refractivity contribution is 0.137. The molecule has 0 aromatic heterocycles. The number of nitrogens with one attached hydrogen (secondary N) is 1. The quantitative estimate of drug-likeness (QED) is 0.907. The van der Waals surface area contributed by atoms with E-state index in [0.29, 0.717) is 0 Å². The van der Waals surface area contributed by atoms with E-state index in [1.807, 2.05) is 60.7 Å². The van der Waals surface area contributed by atoms with Crippen molar-refractivity contribution in [1.82, 2.24) is 5.32 Å². The lowest BCUT2D eigenvalue weighted by atomic mass is 10.1. The topological polar surface area (TPSA) is 38.3 Å². The fourth-order valence-corrected chi connectivity index (χ4v) is 1.68. The van der Waals surface area contributed by atoms with E-state index in [9.17, 15) is 4.79 Å². The Kier molecular flexibility index (Phi) is 4.56. The summed E-state index contributed by atoms with van der Waals surface area (Å²) >= 11 is 0. The summed E-state index contributed by atoms with van der Waals surface area (Å²) in [5.41, 5.74) is 1.90. The third-order valence-corrected chi connectivity index (χ3v) is 2.71. The van der Waals surface area contributed by atoms with E-state index in [2.05, 4.69) is 12.2 Å². The Labute approximate surface area is 113 Å². The SMILES string of the molecule is [CH2]C(NC(=O)OCc1ccccc1)c1ccccc1. The monoisotopic (exact) mass is 254 g/mol. The van der Waals surface area contributed by atoms with Crippen LogP contribution in [-0.4, -0.2) is 6.09 Å². The first-order chi connectivity index (χ1) is 9.25. The van der Waals surface area contributed by atoms with E-state index >= 15 is 0 Å². The third-order valence-electron chi connectivity index (χ3n) is 2.71. The van der Waals surface area contributed by atoms with Gasteiger partial charge in [-0.2, -0.15) is 0 Å². The Morgan fingerprint density at radius 1 is 1.05 bits per heavy atom. The van der Waals surface area contributed by atoms with Gasteiger partial charge < -0.3 is 10.1 Å². The highest BCUT2D eigenvalue weighted by Crippen LogP contribution is 2.11. The number of hydrogen-bond acceptors (Lipinski definition) is 2. The van der Waals surface area contributed by atoms with E-state index in [1.165, 1.54) is 0 Å². The highest BCUT2D eigenvalue weighted by atomic mass is 16.5. The molecule has 1 amide bonds. The summed E-state index contributed by atoms with van der Waals surface area (Å²) in [7, 11) is 0. The molecular formula is C16H16NO2. The Balaban J connectivity index is 1.82. The molecule has 0 spiro atoms. The minimum Gasteiger partial charge on any atom is -0.445 e. The smallest absolute Gasteiger partial charge is 0.407 e. The van der Waals surface area contributed by atoms with Crippen LogP contribution in [0.15, 0.2) is 60.7 Å². The summed E-state index contributed by atoms with van der Waals surface area (Å²) in [5, 5.41) is 2.69. The van der Waals surface area contributed by atoms with Gasteiger partial charge in [0.2, 0.25) is 0 Å². The minimum absolute atomic E-state index is 0.258.